The number of carbonyl (C=O) groups excluding carboxylic acids is 1. The summed E-state index contributed by atoms with van der Waals surface area (Å²) in [5, 5.41) is 4.64. The Morgan fingerprint density at radius 3 is 1.38 bits per heavy atom. The highest BCUT2D eigenvalue weighted by molar-refractivity contribution is 7.99. The van der Waals surface area contributed by atoms with E-state index in [2.05, 4.69) is 85.8 Å². The fourth-order valence-corrected chi connectivity index (χ4v) is 8.34. The van der Waals surface area contributed by atoms with Gasteiger partial charge >= 0.3 is 0 Å². The van der Waals surface area contributed by atoms with Crippen LogP contribution >= 0.6 is 7.26 Å². The van der Waals surface area contributed by atoms with Gasteiger partial charge in [0.05, 0.1) is 0 Å². The Labute approximate surface area is 181 Å². The third-order valence-electron chi connectivity index (χ3n) is 4.97. The number of rotatable bonds is 7. The van der Waals surface area contributed by atoms with Crippen LogP contribution in [0.25, 0.3) is 0 Å². The molecule has 3 heteroatoms. The minimum absolute atomic E-state index is 0. The molecule has 29 heavy (non-hydrogen) atoms. The summed E-state index contributed by atoms with van der Waals surface area (Å²) in [7, 11) is -2.28. The van der Waals surface area contributed by atoms with Gasteiger partial charge in [0.1, 0.15) is 28.5 Å². The van der Waals surface area contributed by atoms with E-state index in [-0.39, 0.29) is 24.1 Å². The first-order valence-electron chi connectivity index (χ1n) is 9.93. The number of hydrogen-bond acceptors (Lipinski definition) is 1. The molecule has 0 aliphatic carbocycles. The molecule has 3 aromatic carbocycles. The lowest BCUT2D eigenvalue weighted by Crippen LogP contribution is -3.00. The third-order valence-corrected chi connectivity index (χ3v) is 9.31. The SMILES string of the molecule is CC/C=C(\C(=O)C(C)C)[P+](c1ccccc1)(c1ccccc1)c1ccccc1.[Cl-]. The number of benzene rings is 3. The molecule has 0 N–H and O–H groups in total. The molecule has 150 valence electrons. The molecule has 0 fully saturated rings. The second-order valence-electron chi connectivity index (χ2n) is 7.19. The third kappa shape index (κ3) is 4.53. The maximum atomic E-state index is 13.6. The van der Waals surface area contributed by atoms with Crippen molar-refractivity contribution in [2.24, 2.45) is 5.92 Å². The monoisotopic (exact) mass is 422 g/mol. The van der Waals surface area contributed by atoms with Gasteiger partial charge in [0.15, 0.2) is 0 Å². The van der Waals surface area contributed by atoms with Crippen molar-refractivity contribution in [3.63, 3.8) is 0 Å². The minimum atomic E-state index is -2.28. The summed E-state index contributed by atoms with van der Waals surface area (Å²) in [5.74, 6) is 0.194. The van der Waals surface area contributed by atoms with Gasteiger partial charge in [0, 0.05) is 5.92 Å². The Kier molecular flexibility index (Phi) is 8.38. The molecule has 0 atom stereocenters. The Hall–Kier alpha value is -2.21. The van der Waals surface area contributed by atoms with Crippen molar-refractivity contribution in [1.82, 2.24) is 0 Å². The first kappa shape index (κ1) is 23.1. The molecule has 0 amide bonds. The normalized spacial score (nSPS) is 11.8. The Bertz CT molecular complexity index is 838. The molecule has 0 aliphatic heterocycles. The summed E-state index contributed by atoms with van der Waals surface area (Å²) < 4.78 is 0. The summed E-state index contributed by atoms with van der Waals surface area (Å²) >= 11 is 0. The van der Waals surface area contributed by atoms with E-state index in [4.69, 9.17) is 0 Å². The zero-order valence-electron chi connectivity index (χ0n) is 17.3. The summed E-state index contributed by atoms with van der Waals surface area (Å²) in [6.45, 7) is 6.12. The summed E-state index contributed by atoms with van der Waals surface area (Å²) in [6.07, 6.45) is 3.01. The largest absolute Gasteiger partial charge is 1.00 e. The Morgan fingerprint density at radius 2 is 1.10 bits per heavy atom. The van der Waals surface area contributed by atoms with Crippen molar-refractivity contribution < 1.29 is 17.2 Å². The van der Waals surface area contributed by atoms with Crippen LogP contribution in [-0.2, 0) is 4.79 Å². The maximum Gasteiger partial charge on any atom is 0.200 e. The fraction of sp³-hybridized carbons (Fsp3) is 0.192. The molecular weight excluding hydrogens is 395 g/mol. The van der Waals surface area contributed by atoms with Gasteiger partial charge in [-0.1, -0.05) is 75.4 Å². The second-order valence-corrected chi connectivity index (χ2v) is 10.6. The van der Waals surface area contributed by atoms with E-state index in [0.29, 0.717) is 0 Å². The molecular formula is C26H28ClOP. The molecule has 0 saturated carbocycles. The van der Waals surface area contributed by atoms with Gasteiger partial charge in [0.25, 0.3) is 0 Å². The molecule has 0 aromatic heterocycles. The first-order chi connectivity index (χ1) is 13.6. The van der Waals surface area contributed by atoms with Crippen molar-refractivity contribution in [2.45, 2.75) is 27.2 Å². The van der Waals surface area contributed by atoms with Gasteiger partial charge < -0.3 is 12.4 Å². The van der Waals surface area contributed by atoms with Crippen LogP contribution in [0.1, 0.15) is 27.2 Å². The average molecular weight is 423 g/mol. The topological polar surface area (TPSA) is 17.1 Å². The second kappa shape index (κ2) is 10.5. The van der Waals surface area contributed by atoms with Gasteiger partial charge in [-0.15, -0.1) is 0 Å². The molecule has 0 radical (unpaired) electrons. The van der Waals surface area contributed by atoms with Crippen molar-refractivity contribution in [3.8, 4) is 0 Å². The van der Waals surface area contributed by atoms with Crippen LogP contribution in [0.2, 0.25) is 0 Å². The van der Waals surface area contributed by atoms with E-state index in [1.807, 2.05) is 32.0 Å². The molecule has 3 aromatic rings. The van der Waals surface area contributed by atoms with Gasteiger partial charge in [-0.2, -0.15) is 0 Å². The van der Waals surface area contributed by atoms with Gasteiger partial charge in [-0.05, 0) is 48.9 Å². The highest BCUT2D eigenvalue weighted by Gasteiger charge is 2.52. The van der Waals surface area contributed by atoms with Gasteiger partial charge in [0.2, 0.25) is 5.78 Å². The Balaban J connectivity index is 0.00000300. The highest BCUT2D eigenvalue weighted by Crippen LogP contribution is 2.63. The van der Waals surface area contributed by atoms with E-state index in [1.54, 1.807) is 0 Å². The zero-order valence-corrected chi connectivity index (χ0v) is 18.9. The predicted molar refractivity (Wildman–Crippen MR) is 123 cm³/mol. The number of allylic oxidation sites excluding steroid dienone is 2. The van der Waals surface area contributed by atoms with Crippen LogP contribution in [0, 0.1) is 5.92 Å². The zero-order chi connectivity index (χ0) is 20.0. The average Bonchev–Trinajstić information content (AvgIpc) is 2.75. The van der Waals surface area contributed by atoms with E-state index >= 15 is 0 Å². The highest BCUT2D eigenvalue weighted by atomic mass is 35.5. The van der Waals surface area contributed by atoms with Crippen LogP contribution in [0.15, 0.2) is 102 Å². The fourth-order valence-electron chi connectivity index (χ4n) is 3.71. The molecule has 0 bridgehead atoms. The molecule has 0 heterocycles. The molecule has 0 unspecified atom stereocenters. The Morgan fingerprint density at radius 1 is 0.759 bits per heavy atom. The summed E-state index contributed by atoms with van der Waals surface area (Å²) in [5.41, 5.74) is 0. The van der Waals surface area contributed by atoms with Gasteiger partial charge in [-0.25, -0.2) is 0 Å². The number of hydrogen-bond donors (Lipinski definition) is 0. The quantitative estimate of drug-likeness (QED) is 0.422. The van der Waals surface area contributed by atoms with Crippen molar-refractivity contribution >= 4 is 29.0 Å². The van der Waals surface area contributed by atoms with E-state index in [9.17, 15) is 4.79 Å². The van der Waals surface area contributed by atoms with Crippen LogP contribution in [0.4, 0.5) is 0 Å². The number of Topliss-reactive ketones (excluding diaryl/α,β-unsaturated/α-hetero) is 1. The van der Waals surface area contributed by atoms with Crippen LogP contribution in [-0.4, -0.2) is 5.78 Å². The van der Waals surface area contributed by atoms with Crippen LogP contribution < -0.4 is 28.3 Å². The van der Waals surface area contributed by atoms with Crippen LogP contribution in [0.5, 0.6) is 0 Å². The molecule has 0 saturated heterocycles. The number of halogens is 1. The van der Waals surface area contributed by atoms with Crippen molar-refractivity contribution in [1.29, 1.82) is 0 Å². The molecule has 0 aliphatic rings. The number of ketones is 1. The minimum Gasteiger partial charge on any atom is -1.00 e. The lowest BCUT2D eigenvalue weighted by molar-refractivity contribution is -0.117. The first-order valence-corrected chi connectivity index (χ1v) is 11.7. The molecule has 3 rings (SSSR count). The van der Waals surface area contributed by atoms with E-state index < -0.39 is 7.26 Å². The number of carbonyl (C=O) groups is 1. The predicted octanol–water partition coefficient (Wildman–Crippen LogP) is 2.50. The standard InChI is InChI=1S/C26H28OP.ClH/c1-4-14-25(26(27)21(2)3)28(22-15-8-5-9-16-22,23-17-10-6-11-18-23)24-19-12-7-13-20-24;/h5-21H,4H2,1-3H3;1H/q+1;/p-1/b25-14+;. The van der Waals surface area contributed by atoms with Crippen LogP contribution in [0.3, 0.4) is 0 Å². The molecule has 1 nitrogen and oxygen atoms in total. The summed E-state index contributed by atoms with van der Waals surface area (Å²) in [6, 6.07) is 31.7. The smallest absolute Gasteiger partial charge is 0.200 e. The molecule has 0 spiro atoms. The van der Waals surface area contributed by atoms with E-state index in [0.717, 1.165) is 11.7 Å². The lowest BCUT2D eigenvalue weighted by Gasteiger charge is -2.29. The summed E-state index contributed by atoms with van der Waals surface area (Å²) in [4.78, 5) is 13.6. The van der Waals surface area contributed by atoms with Crippen molar-refractivity contribution in [2.75, 3.05) is 0 Å². The lowest BCUT2D eigenvalue weighted by atomic mass is 10.1. The maximum absolute atomic E-state index is 13.6. The van der Waals surface area contributed by atoms with E-state index in [1.165, 1.54) is 15.9 Å². The van der Waals surface area contributed by atoms with Gasteiger partial charge in [-0.3, -0.25) is 4.79 Å². The van der Waals surface area contributed by atoms with Crippen molar-refractivity contribution in [3.05, 3.63) is 102 Å².